The summed E-state index contributed by atoms with van der Waals surface area (Å²) in [6.07, 6.45) is 9.79. The van der Waals surface area contributed by atoms with E-state index in [0.717, 1.165) is 33.9 Å². The SMILES string of the molecule is Cc1ccc2nc(N(CCCn3ccnc3)C(=O)/C=C/c3ccccc3)sc2c1. The minimum atomic E-state index is -0.0599. The van der Waals surface area contributed by atoms with E-state index in [2.05, 4.69) is 18.0 Å². The second-order valence-electron chi connectivity index (χ2n) is 6.86. The van der Waals surface area contributed by atoms with E-state index in [1.165, 1.54) is 5.56 Å². The van der Waals surface area contributed by atoms with Crippen LogP contribution < -0.4 is 4.90 Å². The first kappa shape index (κ1) is 19.1. The Balaban J connectivity index is 1.56. The zero-order valence-corrected chi connectivity index (χ0v) is 17.0. The van der Waals surface area contributed by atoms with E-state index in [-0.39, 0.29) is 5.91 Å². The van der Waals surface area contributed by atoms with Gasteiger partial charge in [-0.05, 0) is 42.7 Å². The van der Waals surface area contributed by atoms with Gasteiger partial charge in [0.15, 0.2) is 5.13 Å². The number of carbonyl (C=O) groups excluding carboxylic acids is 1. The summed E-state index contributed by atoms with van der Waals surface area (Å²) in [5, 5.41) is 0.735. The van der Waals surface area contributed by atoms with E-state index in [0.29, 0.717) is 6.54 Å². The molecule has 2 aromatic carbocycles. The van der Waals surface area contributed by atoms with Crippen LogP contribution in [0.3, 0.4) is 0 Å². The molecule has 0 fully saturated rings. The molecule has 5 nitrogen and oxygen atoms in total. The fourth-order valence-corrected chi connectivity index (χ4v) is 4.18. The Morgan fingerprint density at radius 2 is 2.07 bits per heavy atom. The molecule has 0 N–H and O–H groups in total. The minimum Gasteiger partial charge on any atom is -0.337 e. The van der Waals surface area contributed by atoms with E-state index in [1.54, 1.807) is 34.8 Å². The van der Waals surface area contributed by atoms with Gasteiger partial charge in [-0.25, -0.2) is 9.97 Å². The van der Waals surface area contributed by atoms with Crippen molar-refractivity contribution in [3.8, 4) is 0 Å². The molecule has 4 aromatic rings. The van der Waals surface area contributed by atoms with Crippen molar-refractivity contribution in [3.05, 3.63) is 84.5 Å². The van der Waals surface area contributed by atoms with Crippen LogP contribution in [-0.4, -0.2) is 27.0 Å². The number of thiazole rings is 1. The third kappa shape index (κ3) is 4.78. The molecule has 0 radical (unpaired) electrons. The average Bonchev–Trinajstić information content (AvgIpc) is 3.39. The van der Waals surface area contributed by atoms with Crippen molar-refractivity contribution in [1.82, 2.24) is 14.5 Å². The number of carbonyl (C=O) groups is 1. The van der Waals surface area contributed by atoms with Gasteiger partial charge in [0, 0.05) is 31.6 Å². The van der Waals surface area contributed by atoms with E-state index in [4.69, 9.17) is 4.98 Å². The van der Waals surface area contributed by atoms with Crippen LogP contribution in [-0.2, 0) is 11.3 Å². The number of anilines is 1. The third-order valence-corrected chi connectivity index (χ3v) is 5.65. The maximum absolute atomic E-state index is 13.0. The highest BCUT2D eigenvalue weighted by molar-refractivity contribution is 7.22. The lowest BCUT2D eigenvalue weighted by Gasteiger charge is -2.18. The van der Waals surface area contributed by atoms with E-state index < -0.39 is 0 Å². The largest absolute Gasteiger partial charge is 0.337 e. The smallest absolute Gasteiger partial charge is 0.252 e. The van der Waals surface area contributed by atoms with Gasteiger partial charge in [-0.3, -0.25) is 9.69 Å². The van der Waals surface area contributed by atoms with E-state index in [1.807, 2.05) is 59.3 Å². The van der Waals surface area contributed by atoms with Crippen LogP contribution in [0, 0.1) is 6.92 Å². The highest BCUT2D eigenvalue weighted by atomic mass is 32.1. The van der Waals surface area contributed by atoms with Crippen molar-refractivity contribution < 1.29 is 4.79 Å². The molecule has 0 saturated heterocycles. The molecule has 0 bridgehead atoms. The molecule has 0 unspecified atom stereocenters. The number of rotatable bonds is 7. The molecule has 0 atom stereocenters. The fourth-order valence-electron chi connectivity index (χ4n) is 3.09. The van der Waals surface area contributed by atoms with Crippen molar-refractivity contribution in [2.75, 3.05) is 11.4 Å². The lowest BCUT2D eigenvalue weighted by molar-refractivity contribution is -0.114. The molecular weight excluding hydrogens is 380 g/mol. The zero-order chi connectivity index (χ0) is 20.1. The van der Waals surface area contributed by atoms with Gasteiger partial charge in [0.05, 0.1) is 16.5 Å². The van der Waals surface area contributed by atoms with Crippen molar-refractivity contribution in [3.63, 3.8) is 0 Å². The summed E-state index contributed by atoms with van der Waals surface area (Å²) in [6, 6.07) is 16.0. The summed E-state index contributed by atoms with van der Waals surface area (Å²) in [5.74, 6) is -0.0599. The minimum absolute atomic E-state index is 0.0599. The van der Waals surface area contributed by atoms with E-state index >= 15 is 0 Å². The molecule has 0 aliphatic carbocycles. The first-order valence-corrected chi connectivity index (χ1v) is 10.4. The quantitative estimate of drug-likeness (QED) is 0.412. The molecule has 146 valence electrons. The van der Waals surface area contributed by atoms with Crippen LogP contribution in [0.5, 0.6) is 0 Å². The van der Waals surface area contributed by atoms with Gasteiger partial charge in [-0.2, -0.15) is 0 Å². The average molecular weight is 403 g/mol. The maximum Gasteiger partial charge on any atom is 0.252 e. The Morgan fingerprint density at radius 3 is 2.86 bits per heavy atom. The molecule has 0 spiro atoms. The van der Waals surface area contributed by atoms with Crippen LogP contribution >= 0.6 is 11.3 Å². The van der Waals surface area contributed by atoms with E-state index in [9.17, 15) is 4.79 Å². The van der Waals surface area contributed by atoms with Gasteiger partial charge < -0.3 is 4.57 Å². The molecule has 2 heterocycles. The molecule has 6 heteroatoms. The number of hydrogen-bond donors (Lipinski definition) is 0. The Bertz CT molecular complexity index is 1120. The Kier molecular flexibility index (Phi) is 5.81. The number of imidazole rings is 1. The normalized spacial score (nSPS) is 11.3. The third-order valence-electron chi connectivity index (χ3n) is 4.60. The lowest BCUT2D eigenvalue weighted by Crippen LogP contribution is -2.30. The highest BCUT2D eigenvalue weighted by Gasteiger charge is 2.17. The summed E-state index contributed by atoms with van der Waals surface area (Å²) in [5.41, 5.74) is 3.11. The molecule has 29 heavy (non-hydrogen) atoms. The van der Waals surface area contributed by atoms with Crippen molar-refractivity contribution in [1.29, 1.82) is 0 Å². The topological polar surface area (TPSA) is 51.0 Å². The van der Waals surface area contributed by atoms with Crippen LogP contribution in [0.4, 0.5) is 5.13 Å². The first-order chi connectivity index (χ1) is 14.2. The molecule has 0 saturated carbocycles. The van der Waals surface area contributed by atoms with Crippen LogP contribution in [0.1, 0.15) is 17.5 Å². The second-order valence-corrected chi connectivity index (χ2v) is 7.86. The Hall–Kier alpha value is -3.25. The summed E-state index contributed by atoms with van der Waals surface area (Å²) >= 11 is 1.56. The second kappa shape index (κ2) is 8.84. The number of fused-ring (bicyclic) bond motifs is 1. The Labute approximate surface area is 174 Å². The molecule has 0 aliphatic heterocycles. The van der Waals surface area contributed by atoms with Crippen LogP contribution in [0.15, 0.2) is 73.3 Å². The van der Waals surface area contributed by atoms with Gasteiger partial charge in [0.1, 0.15) is 0 Å². The molecular formula is C23H22N4OS. The van der Waals surface area contributed by atoms with Crippen molar-refractivity contribution in [2.24, 2.45) is 0 Å². The Morgan fingerprint density at radius 1 is 1.21 bits per heavy atom. The lowest BCUT2D eigenvalue weighted by atomic mass is 10.2. The molecule has 2 aromatic heterocycles. The number of hydrogen-bond acceptors (Lipinski definition) is 4. The number of aromatic nitrogens is 3. The van der Waals surface area contributed by atoms with Gasteiger partial charge in [-0.1, -0.05) is 47.7 Å². The maximum atomic E-state index is 13.0. The number of benzene rings is 2. The standard InChI is InChI=1S/C23H22N4OS/c1-18-8-10-20-21(16-18)29-23(25-20)27(14-5-13-26-15-12-24-17-26)22(28)11-9-19-6-3-2-4-7-19/h2-4,6-12,15-17H,5,13-14H2,1H3/b11-9+. The van der Waals surface area contributed by atoms with Gasteiger partial charge in [0.25, 0.3) is 5.91 Å². The predicted octanol–water partition coefficient (Wildman–Crippen LogP) is 4.94. The number of nitrogens with zero attached hydrogens (tertiary/aromatic N) is 4. The molecule has 0 aliphatic rings. The summed E-state index contributed by atoms with van der Waals surface area (Å²) in [6.45, 7) is 3.46. The summed E-state index contributed by atoms with van der Waals surface area (Å²) in [7, 11) is 0. The number of amides is 1. The van der Waals surface area contributed by atoms with Gasteiger partial charge in [0.2, 0.25) is 0 Å². The van der Waals surface area contributed by atoms with Gasteiger partial charge >= 0.3 is 0 Å². The summed E-state index contributed by atoms with van der Waals surface area (Å²) in [4.78, 5) is 23.6. The first-order valence-electron chi connectivity index (χ1n) is 9.56. The predicted molar refractivity (Wildman–Crippen MR) is 119 cm³/mol. The van der Waals surface area contributed by atoms with Gasteiger partial charge in [-0.15, -0.1) is 0 Å². The monoisotopic (exact) mass is 402 g/mol. The van der Waals surface area contributed by atoms with Crippen molar-refractivity contribution >= 4 is 38.7 Å². The van der Waals surface area contributed by atoms with Crippen LogP contribution in [0.2, 0.25) is 0 Å². The molecule has 4 rings (SSSR count). The molecule has 1 amide bonds. The highest BCUT2D eigenvalue weighted by Crippen LogP contribution is 2.30. The number of aryl methyl sites for hydroxylation is 2. The van der Waals surface area contributed by atoms with Crippen LogP contribution in [0.25, 0.3) is 16.3 Å². The summed E-state index contributed by atoms with van der Waals surface area (Å²) < 4.78 is 3.11. The fraction of sp³-hybridized carbons (Fsp3) is 0.174. The zero-order valence-electron chi connectivity index (χ0n) is 16.2. The van der Waals surface area contributed by atoms with Crippen molar-refractivity contribution in [2.45, 2.75) is 19.9 Å².